The fraction of sp³-hybridized carbons (Fsp3) is 0.312. The number of amides is 3. The van der Waals surface area contributed by atoms with Crippen molar-refractivity contribution in [3.63, 3.8) is 0 Å². The highest BCUT2D eigenvalue weighted by molar-refractivity contribution is 6.52. The van der Waals surface area contributed by atoms with Crippen LogP contribution >= 0.6 is 0 Å². The van der Waals surface area contributed by atoms with E-state index in [1.165, 1.54) is 9.80 Å². The van der Waals surface area contributed by atoms with Gasteiger partial charge in [-0.1, -0.05) is 43.3 Å². The van der Waals surface area contributed by atoms with Crippen LogP contribution in [0.5, 0.6) is 0 Å². The van der Waals surface area contributed by atoms with Crippen LogP contribution in [-0.2, 0) is 25.7 Å². The summed E-state index contributed by atoms with van der Waals surface area (Å²) in [5, 5.41) is 2.97. The highest BCUT2D eigenvalue weighted by atomic mass is 16.5. The first kappa shape index (κ1) is 28.0. The van der Waals surface area contributed by atoms with Gasteiger partial charge in [0.2, 0.25) is 11.8 Å². The zero-order valence-corrected chi connectivity index (χ0v) is 23.3. The Hall–Kier alpha value is -4.50. The molecule has 1 fully saturated rings. The highest BCUT2D eigenvalue weighted by Crippen LogP contribution is 2.29. The molecule has 3 amide bonds. The Kier molecular flexibility index (Phi) is 8.45. The lowest BCUT2D eigenvalue weighted by atomic mass is 10.1. The number of benzene rings is 3. The van der Waals surface area contributed by atoms with Crippen molar-refractivity contribution >= 4 is 40.6 Å². The summed E-state index contributed by atoms with van der Waals surface area (Å²) < 4.78 is 5.43. The number of anilines is 3. The van der Waals surface area contributed by atoms with E-state index in [4.69, 9.17) is 4.74 Å². The molecule has 2 aliphatic rings. The van der Waals surface area contributed by atoms with E-state index in [2.05, 4.69) is 10.2 Å². The summed E-state index contributed by atoms with van der Waals surface area (Å²) >= 11 is 0. The first-order valence-corrected chi connectivity index (χ1v) is 13.9. The highest BCUT2D eigenvalue weighted by Gasteiger charge is 2.38. The number of ether oxygens (including phenoxy) is 1. The van der Waals surface area contributed by atoms with E-state index in [1.807, 2.05) is 62.4 Å². The largest absolute Gasteiger partial charge is 0.378 e. The standard InChI is InChI=1S/C32H34N4O5/c1-3-27(31(39)33-24-12-14-25(15-13-24)34-16-18-41-19-17-34)35(20-23-9-5-4-8-22(23)2)29(37)21-36-28-11-7-6-10-26(28)30(38)32(36)40/h4-15,27H,3,16-21H2,1-2H3,(H,33,39). The molecule has 1 saturated heterocycles. The van der Waals surface area contributed by atoms with Crippen LogP contribution in [0.25, 0.3) is 0 Å². The lowest BCUT2D eigenvalue weighted by Gasteiger charge is -2.32. The maximum absolute atomic E-state index is 13.9. The predicted octanol–water partition coefficient (Wildman–Crippen LogP) is 3.81. The summed E-state index contributed by atoms with van der Waals surface area (Å²) in [6.45, 7) is 6.65. The topological polar surface area (TPSA) is 99.3 Å². The molecule has 3 aromatic carbocycles. The van der Waals surface area contributed by atoms with Crippen LogP contribution < -0.4 is 15.1 Å². The third-order valence-corrected chi connectivity index (χ3v) is 7.67. The van der Waals surface area contributed by atoms with Crippen molar-refractivity contribution in [2.75, 3.05) is 48.0 Å². The van der Waals surface area contributed by atoms with Crippen molar-refractivity contribution in [2.45, 2.75) is 32.9 Å². The molecular weight excluding hydrogens is 520 g/mol. The number of morpholine rings is 1. The van der Waals surface area contributed by atoms with E-state index in [0.717, 1.165) is 29.9 Å². The monoisotopic (exact) mass is 554 g/mol. The SMILES string of the molecule is CCC(C(=O)Nc1ccc(N2CCOCC2)cc1)N(Cc1ccccc1C)C(=O)CN1C(=O)C(=O)c2ccccc21. The number of para-hydroxylation sites is 1. The number of hydrogen-bond donors (Lipinski definition) is 1. The summed E-state index contributed by atoms with van der Waals surface area (Å²) in [4.78, 5) is 57.8. The van der Waals surface area contributed by atoms with Crippen LogP contribution in [0, 0.1) is 6.92 Å². The van der Waals surface area contributed by atoms with E-state index < -0.39 is 23.6 Å². The molecule has 1 unspecified atom stereocenters. The van der Waals surface area contributed by atoms with Gasteiger partial charge in [-0.05, 0) is 60.9 Å². The lowest BCUT2D eigenvalue weighted by molar-refractivity contribution is -0.138. The average Bonchev–Trinajstić information content (AvgIpc) is 3.23. The first-order chi connectivity index (χ1) is 19.9. The van der Waals surface area contributed by atoms with Gasteiger partial charge in [-0.3, -0.25) is 24.1 Å². The second kappa shape index (κ2) is 12.3. The number of carbonyl (C=O) groups is 4. The first-order valence-electron chi connectivity index (χ1n) is 13.9. The zero-order valence-electron chi connectivity index (χ0n) is 23.3. The molecule has 0 saturated carbocycles. The Balaban J connectivity index is 1.37. The molecule has 1 atom stereocenters. The van der Waals surface area contributed by atoms with E-state index >= 15 is 0 Å². The number of ketones is 1. The molecule has 41 heavy (non-hydrogen) atoms. The van der Waals surface area contributed by atoms with Crippen LogP contribution in [0.1, 0.15) is 34.8 Å². The van der Waals surface area contributed by atoms with E-state index in [1.54, 1.807) is 24.3 Å². The van der Waals surface area contributed by atoms with Crippen molar-refractivity contribution in [3.05, 3.63) is 89.5 Å². The molecule has 2 heterocycles. The van der Waals surface area contributed by atoms with Crippen LogP contribution in [-0.4, -0.2) is 67.3 Å². The molecule has 0 aliphatic carbocycles. The summed E-state index contributed by atoms with van der Waals surface area (Å²) in [5.41, 5.74) is 4.25. The molecule has 3 aromatic rings. The van der Waals surface area contributed by atoms with Gasteiger partial charge in [-0.25, -0.2) is 0 Å². The van der Waals surface area contributed by atoms with Crippen molar-refractivity contribution in [1.82, 2.24) is 4.90 Å². The third-order valence-electron chi connectivity index (χ3n) is 7.67. The Labute approximate surface area is 239 Å². The second-order valence-corrected chi connectivity index (χ2v) is 10.2. The Morgan fingerprint density at radius 2 is 1.63 bits per heavy atom. The number of nitrogens with zero attached hydrogens (tertiary/aromatic N) is 3. The molecule has 2 aliphatic heterocycles. The minimum atomic E-state index is -0.801. The van der Waals surface area contributed by atoms with Gasteiger partial charge in [0.1, 0.15) is 12.6 Å². The molecule has 5 rings (SSSR count). The second-order valence-electron chi connectivity index (χ2n) is 10.2. The van der Waals surface area contributed by atoms with Crippen molar-refractivity contribution in [3.8, 4) is 0 Å². The average molecular weight is 555 g/mol. The summed E-state index contributed by atoms with van der Waals surface area (Å²) in [6, 6.07) is 21.2. The van der Waals surface area contributed by atoms with Gasteiger partial charge in [-0.15, -0.1) is 0 Å². The van der Waals surface area contributed by atoms with E-state index in [0.29, 0.717) is 31.0 Å². The summed E-state index contributed by atoms with van der Waals surface area (Å²) in [6.07, 6.45) is 0.360. The van der Waals surface area contributed by atoms with E-state index in [9.17, 15) is 19.2 Å². The Bertz CT molecular complexity index is 1450. The van der Waals surface area contributed by atoms with Crippen molar-refractivity contribution in [2.24, 2.45) is 0 Å². The Morgan fingerprint density at radius 1 is 0.951 bits per heavy atom. The number of aryl methyl sites for hydroxylation is 1. The zero-order chi connectivity index (χ0) is 28.9. The predicted molar refractivity (Wildman–Crippen MR) is 157 cm³/mol. The maximum atomic E-state index is 13.9. The molecule has 1 N–H and O–H groups in total. The van der Waals surface area contributed by atoms with Crippen LogP contribution in [0.15, 0.2) is 72.8 Å². The molecule has 212 valence electrons. The molecule has 0 radical (unpaired) electrons. The van der Waals surface area contributed by atoms with Gasteiger partial charge in [-0.2, -0.15) is 0 Å². The van der Waals surface area contributed by atoms with Crippen LogP contribution in [0.2, 0.25) is 0 Å². The van der Waals surface area contributed by atoms with Gasteiger partial charge in [0.05, 0.1) is 24.5 Å². The summed E-state index contributed by atoms with van der Waals surface area (Å²) in [7, 11) is 0. The van der Waals surface area contributed by atoms with Crippen molar-refractivity contribution in [1.29, 1.82) is 0 Å². The fourth-order valence-corrected chi connectivity index (χ4v) is 5.32. The molecular formula is C32H34N4O5. The number of carbonyl (C=O) groups excluding carboxylic acids is 4. The molecule has 9 nitrogen and oxygen atoms in total. The molecule has 9 heteroatoms. The molecule has 0 aromatic heterocycles. The number of nitrogens with one attached hydrogen (secondary N) is 1. The van der Waals surface area contributed by atoms with Gasteiger partial charge in [0.15, 0.2) is 0 Å². The number of Topliss-reactive ketones (excluding diaryl/α,β-unsaturated/α-hetero) is 1. The van der Waals surface area contributed by atoms with Crippen LogP contribution in [0.4, 0.5) is 17.1 Å². The molecule has 0 spiro atoms. The minimum absolute atomic E-state index is 0.186. The van der Waals surface area contributed by atoms with Crippen LogP contribution in [0.3, 0.4) is 0 Å². The fourth-order valence-electron chi connectivity index (χ4n) is 5.32. The third kappa shape index (κ3) is 6.00. The molecule has 0 bridgehead atoms. The quantitative estimate of drug-likeness (QED) is 0.404. The van der Waals surface area contributed by atoms with Gasteiger partial charge < -0.3 is 19.9 Å². The van der Waals surface area contributed by atoms with Gasteiger partial charge >= 0.3 is 0 Å². The summed E-state index contributed by atoms with van der Waals surface area (Å²) in [5.74, 6) is -2.12. The smallest absolute Gasteiger partial charge is 0.299 e. The number of fused-ring (bicyclic) bond motifs is 1. The van der Waals surface area contributed by atoms with Crippen molar-refractivity contribution < 1.29 is 23.9 Å². The maximum Gasteiger partial charge on any atom is 0.299 e. The normalized spacial score (nSPS) is 15.5. The van der Waals surface area contributed by atoms with E-state index in [-0.39, 0.29) is 24.6 Å². The van der Waals surface area contributed by atoms with Gasteiger partial charge in [0.25, 0.3) is 11.7 Å². The lowest BCUT2D eigenvalue weighted by Crippen LogP contribution is -2.50. The Morgan fingerprint density at radius 3 is 2.34 bits per heavy atom. The number of hydrogen-bond acceptors (Lipinski definition) is 6. The van der Waals surface area contributed by atoms with Gasteiger partial charge in [0, 0.05) is 31.0 Å². The minimum Gasteiger partial charge on any atom is -0.378 e. The number of rotatable bonds is 9.